The molecule has 1 amide bonds. The molecular formula is C17H20ClN3O2. The second-order valence-electron chi connectivity index (χ2n) is 5.07. The lowest BCUT2D eigenvalue weighted by molar-refractivity contribution is 0.0943. The van der Waals surface area contributed by atoms with Crippen LogP contribution < -0.4 is 10.6 Å². The van der Waals surface area contributed by atoms with Gasteiger partial charge in [0.2, 0.25) is 0 Å². The van der Waals surface area contributed by atoms with Gasteiger partial charge in [-0.2, -0.15) is 0 Å². The van der Waals surface area contributed by atoms with Crippen LogP contribution in [0.3, 0.4) is 0 Å². The van der Waals surface area contributed by atoms with Crippen molar-refractivity contribution in [3.05, 3.63) is 52.8 Å². The Bertz CT molecular complexity index is 677. The summed E-state index contributed by atoms with van der Waals surface area (Å²) in [6.07, 6.45) is 2.37. The van der Waals surface area contributed by atoms with Crippen molar-refractivity contribution in [1.29, 1.82) is 0 Å². The summed E-state index contributed by atoms with van der Waals surface area (Å²) in [6, 6.07) is 9.18. The van der Waals surface area contributed by atoms with Gasteiger partial charge in [0.1, 0.15) is 5.69 Å². The number of hydrogen-bond acceptors (Lipinski definition) is 4. The molecule has 0 saturated heterocycles. The van der Waals surface area contributed by atoms with Crippen molar-refractivity contribution in [3.63, 3.8) is 0 Å². The van der Waals surface area contributed by atoms with Crippen molar-refractivity contribution in [2.45, 2.75) is 13.3 Å². The first-order valence-corrected chi connectivity index (χ1v) is 7.75. The smallest absolute Gasteiger partial charge is 0.269 e. The fourth-order valence-electron chi connectivity index (χ4n) is 2.04. The summed E-state index contributed by atoms with van der Waals surface area (Å²) in [4.78, 5) is 16.2. The lowest BCUT2D eigenvalue weighted by atomic mass is 10.2. The lowest BCUT2D eigenvalue weighted by Gasteiger charge is -2.11. The van der Waals surface area contributed by atoms with Gasteiger partial charge in [-0.1, -0.05) is 17.7 Å². The van der Waals surface area contributed by atoms with E-state index in [1.807, 2.05) is 31.2 Å². The Morgan fingerprint density at radius 1 is 1.35 bits per heavy atom. The van der Waals surface area contributed by atoms with Gasteiger partial charge in [0, 0.05) is 42.9 Å². The minimum Gasteiger partial charge on any atom is -0.385 e. The van der Waals surface area contributed by atoms with Crippen molar-refractivity contribution >= 4 is 28.9 Å². The zero-order valence-corrected chi connectivity index (χ0v) is 14.0. The van der Waals surface area contributed by atoms with Crippen LogP contribution in [0.15, 0.2) is 36.5 Å². The highest BCUT2D eigenvalue weighted by molar-refractivity contribution is 6.31. The summed E-state index contributed by atoms with van der Waals surface area (Å²) in [6.45, 7) is 3.11. The van der Waals surface area contributed by atoms with Crippen molar-refractivity contribution in [1.82, 2.24) is 10.3 Å². The molecule has 1 aromatic heterocycles. The van der Waals surface area contributed by atoms with Gasteiger partial charge in [-0.05, 0) is 43.2 Å². The van der Waals surface area contributed by atoms with Gasteiger partial charge in [0.15, 0.2) is 0 Å². The van der Waals surface area contributed by atoms with Crippen LogP contribution >= 0.6 is 11.6 Å². The third-order valence-corrected chi connectivity index (χ3v) is 3.76. The first-order chi connectivity index (χ1) is 11.1. The topological polar surface area (TPSA) is 63.2 Å². The number of benzene rings is 1. The van der Waals surface area contributed by atoms with E-state index in [4.69, 9.17) is 16.3 Å². The lowest BCUT2D eigenvalue weighted by Crippen LogP contribution is -2.26. The standard InChI is InChI=1S/C17H20ClN3O2/c1-12-14(18)5-3-6-15(12)21-13-7-9-19-16(11-13)17(22)20-8-4-10-23-2/h3,5-7,9,11H,4,8,10H2,1-2H3,(H,19,21)(H,20,22). The number of hydrogen-bond donors (Lipinski definition) is 2. The highest BCUT2D eigenvalue weighted by Crippen LogP contribution is 2.26. The first kappa shape index (κ1) is 17.2. The van der Waals surface area contributed by atoms with E-state index in [-0.39, 0.29) is 5.91 Å². The molecule has 5 nitrogen and oxygen atoms in total. The number of aromatic nitrogens is 1. The van der Waals surface area contributed by atoms with Crippen LogP contribution in [0.25, 0.3) is 0 Å². The maximum absolute atomic E-state index is 12.1. The Kier molecular flexibility index (Phi) is 6.38. The Hall–Kier alpha value is -2.11. The molecule has 2 aromatic rings. The van der Waals surface area contributed by atoms with Gasteiger partial charge < -0.3 is 15.4 Å². The number of pyridine rings is 1. The number of carbonyl (C=O) groups is 1. The largest absolute Gasteiger partial charge is 0.385 e. The van der Waals surface area contributed by atoms with Crippen LogP contribution in [0.4, 0.5) is 11.4 Å². The third kappa shape index (κ3) is 4.94. The average molecular weight is 334 g/mol. The summed E-state index contributed by atoms with van der Waals surface area (Å²) in [5, 5.41) is 6.77. The summed E-state index contributed by atoms with van der Waals surface area (Å²) in [5.74, 6) is -0.201. The Morgan fingerprint density at radius 2 is 2.17 bits per heavy atom. The molecule has 1 aromatic carbocycles. The number of ether oxygens (including phenoxy) is 1. The molecule has 1 heterocycles. The molecule has 122 valence electrons. The molecule has 0 aliphatic rings. The molecule has 0 radical (unpaired) electrons. The molecule has 2 N–H and O–H groups in total. The number of amides is 1. The highest BCUT2D eigenvalue weighted by atomic mass is 35.5. The van der Waals surface area contributed by atoms with Crippen LogP contribution in [0.5, 0.6) is 0 Å². The third-order valence-electron chi connectivity index (χ3n) is 3.35. The zero-order valence-electron chi connectivity index (χ0n) is 13.2. The minimum absolute atomic E-state index is 0.201. The van der Waals surface area contributed by atoms with Crippen molar-refractivity contribution in [3.8, 4) is 0 Å². The summed E-state index contributed by atoms with van der Waals surface area (Å²) in [5.41, 5.74) is 3.01. The first-order valence-electron chi connectivity index (χ1n) is 7.37. The molecule has 0 unspecified atom stereocenters. The predicted molar refractivity (Wildman–Crippen MR) is 92.5 cm³/mol. The maximum atomic E-state index is 12.1. The van der Waals surface area contributed by atoms with E-state index in [0.29, 0.717) is 23.9 Å². The van der Waals surface area contributed by atoms with E-state index >= 15 is 0 Å². The van der Waals surface area contributed by atoms with Crippen LogP contribution in [-0.2, 0) is 4.74 Å². The number of methoxy groups -OCH3 is 1. The predicted octanol–water partition coefficient (Wildman–Crippen LogP) is 3.55. The van der Waals surface area contributed by atoms with Crippen LogP contribution in [0, 0.1) is 6.92 Å². The van der Waals surface area contributed by atoms with E-state index < -0.39 is 0 Å². The molecule has 0 saturated carbocycles. The van der Waals surface area contributed by atoms with Crippen LogP contribution in [0.2, 0.25) is 5.02 Å². The highest BCUT2D eigenvalue weighted by Gasteiger charge is 2.08. The van der Waals surface area contributed by atoms with Gasteiger partial charge in [0.25, 0.3) is 5.91 Å². The fraction of sp³-hybridized carbons (Fsp3) is 0.294. The average Bonchev–Trinajstić information content (AvgIpc) is 2.56. The summed E-state index contributed by atoms with van der Waals surface area (Å²) >= 11 is 6.12. The van der Waals surface area contributed by atoms with Crippen molar-refractivity contribution < 1.29 is 9.53 Å². The Balaban J connectivity index is 2.04. The minimum atomic E-state index is -0.201. The molecule has 0 aliphatic heterocycles. The van der Waals surface area contributed by atoms with Crippen molar-refractivity contribution in [2.75, 3.05) is 25.6 Å². The van der Waals surface area contributed by atoms with Crippen LogP contribution in [0.1, 0.15) is 22.5 Å². The monoisotopic (exact) mass is 333 g/mol. The van der Waals surface area contributed by atoms with Gasteiger partial charge in [-0.3, -0.25) is 9.78 Å². The zero-order chi connectivity index (χ0) is 16.7. The Morgan fingerprint density at radius 3 is 2.96 bits per heavy atom. The summed E-state index contributed by atoms with van der Waals surface area (Å²) in [7, 11) is 1.64. The normalized spacial score (nSPS) is 10.4. The Labute approximate surface area is 141 Å². The van der Waals surface area contributed by atoms with Gasteiger partial charge in [-0.25, -0.2) is 0 Å². The molecule has 6 heteroatoms. The molecule has 23 heavy (non-hydrogen) atoms. The van der Waals surface area contributed by atoms with Crippen molar-refractivity contribution in [2.24, 2.45) is 0 Å². The van der Waals surface area contributed by atoms with Gasteiger partial charge >= 0.3 is 0 Å². The fourth-order valence-corrected chi connectivity index (χ4v) is 2.21. The second-order valence-corrected chi connectivity index (χ2v) is 5.48. The molecule has 2 rings (SSSR count). The SMILES string of the molecule is COCCCNC(=O)c1cc(Nc2cccc(Cl)c2C)ccn1. The van der Waals surface area contributed by atoms with Gasteiger partial charge in [0.05, 0.1) is 0 Å². The number of rotatable bonds is 7. The van der Waals surface area contributed by atoms with Gasteiger partial charge in [-0.15, -0.1) is 0 Å². The number of nitrogens with zero attached hydrogens (tertiary/aromatic N) is 1. The van der Waals surface area contributed by atoms with Crippen LogP contribution in [-0.4, -0.2) is 31.2 Å². The number of anilines is 2. The molecular weight excluding hydrogens is 314 g/mol. The second kappa shape index (κ2) is 8.50. The molecule has 0 spiro atoms. The quantitative estimate of drug-likeness (QED) is 0.760. The number of nitrogens with one attached hydrogen (secondary N) is 2. The maximum Gasteiger partial charge on any atom is 0.269 e. The van der Waals surface area contributed by atoms with E-state index in [1.165, 1.54) is 0 Å². The van der Waals surface area contributed by atoms with E-state index in [9.17, 15) is 4.79 Å². The molecule has 0 atom stereocenters. The molecule has 0 fully saturated rings. The summed E-state index contributed by atoms with van der Waals surface area (Å²) < 4.78 is 4.95. The van der Waals surface area contributed by atoms with E-state index in [2.05, 4.69) is 15.6 Å². The molecule has 0 bridgehead atoms. The van der Waals surface area contributed by atoms with E-state index in [1.54, 1.807) is 19.4 Å². The molecule has 0 aliphatic carbocycles. The number of halogens is 1. The van der Waals surface area contributed by atoms with E-state index in [0.717, 1.165) is 23.4 Å². The number of carbonyl (C=O) groups excluding carboxylic acids is 1.